The molecule has 21 heavy (non-hydrogen) atoms. The van der Waals surface area contributed by atoms with Gasteiger partial charge in [0.05, 0.1) is 18.2 Å². The molecule has 2 aromatic rings. The molecule has 0 saturated heterocycles. The van der Waals surface area contributed by atoms with Crippen molar-refractivity contribution in [2.45, 2.75) is 6.54 Å². The highest BCUT2D eigenvalue weighted by molar-refractivity contribution is 5.89. The highest BCUT2D eigenvalue weighted by Gasteiger charge is 2.05. The molecule has 0 saturated carbocycles. The number of nitrogens with one attached hydrogen (secondary N) is 1. The summed E-state index contributed by atoms with van der Waals surface area (Å²) < 4.78 is 4.63. The van der Waals surface area contributed by atoms with E-state index < -0.39 is 5.97 Å². The Morgan fingerprint density at radius 1 is 1.10 bits per heavy atom. The molecule has 0 aliphatic carbocycles. The first-order valence-electron chi connectivity index (χ1n) is 6.34. The Bertz CT molecular complexity index is 650. The molecule has 0 aromatic heterocycles. The molecule has 2 N–H and O–H groups in total. The minimum absolute atomic E-state index is 0.237. The van der Waals surface area contributed by atoms with E-state index in [4.69, 9.17) is 5.11 Å². The monoisotopic (exact) mass is 285 g/mol. The predicted octanol–water partition coefficient (Wildman–Crippen LogP) is 2.78. The van der Waals surface area contributed by atoms with E-state index in [0.717, 1.165) is 11.3 Å². The third-order valence-corrected chi connectivity index (χ3v) is 2.98. The summed E-state index contributed by atoms with van der Waals surface area (Å²) in [5.74, 6) is -1.33. The van der Waals surface area contributed by atoms with E-state index in [1.807, 2.05) is 12.1 Å². The van der Waals surface area contributed by atoms with Crippen LogP contribution in [0.5, 0.6) is 0 Å². The molecule has 0 aliphatic heterocycles. The van der Waals surface area contributed by atoms with E-state index in [0.29, 0.717) is 12.1 Å². The van der Waals surface area contributed by atoms with Crippen molar-refractivity contribution in [2.24, 2.45) is 0 Å². The third kappa shape index (κ3) is 3.82. The van der Waals surface area contributed by atoms with Crippen molar-refractivity contribution < 1.29 is 19.4 Å². The van der Waals surface area contributed by atoms with Crippen LogP contribution in [-0.2, 0) is 11.3 Å². The number of carbonyl (C=O) groups excluding carboxylic acids is 1. The molecule has 0 atom stereocenters. The predicted molar refractivity (Wildman–Crippen MR) is 78.5 cm³/mol. The van der Waals surface area contributed by atoms with Crippen LogP contribution in [0.4, 0.5) is 5.69 Å². The standard InChI is InChI=1S/C16H15NO4/c1-21-16(20)12-7-5-11(6-8-12)10-17-14-4-2-3-13(9-14)15(18)19/h2-9,17H,10H2,1H3,(H,18,19). The van der Waals surface area contributed by atoms with Gasteiger partial charge in [-0.05, 0) is 35.9 Å². The smallest absolute Gasteiger partial charge is 0.337 e. The molecule has 0 fully saturated rings. The number of benzene rings is 2. The van der Waals surface area contributed by atoms with Gasteiger partial charge >= 0.3 is 11.9 Å². The summed E-state index contributed by atoms with van der Waals surface area (Å²) in [7, 11) is 1.34. The molecular weight excluding hydrogens is 270 g/mol. The second kappa shape index (κ2) is 6.56. The van der Waals surface area contributed by atoms with Crippen molar-refractivity contribution in [3.05, 3.63) is 65.2 Å². The highest BCUT2D eigenvalue weighted by atomic mass is 16.5. The van der Waals surface area contributed by atoms with E-state index in [9.17, 15) is 9.59 Å². The molecule has 0 unspecified atom stereocenters. The topological polar surface area (TPSA) is 75.6 Å². The van der Waals surface area contributed by atoms with Crippen LogP contribution < -0.4 is 5.32 Å². The van der Waals surface area contributed by atoms with Crippen LogP contribution in [0, 0.1) is 0 Å². The summed E-state index contributed by atoms with van der Waals surface area (Å²) in [6.07, 6.45) is 0. The Morgan fingerprint density at radius 3 is 2.43 bits per heavy atom. The zero-order valence-electron chi connectivity index (χ0n) is 11.5. The first kappa shape index (κ1) is 14.6. The molecule has 108 valence electrons. The van der Waals surface area contributed by atoms with E-state index in [-0.39, 0.29) is 11.5 Å². The molecule has 0 aliphatic rings. The van der Waals surface area contributed by atoms with Crippen LogP contribution in [0.15, 0.2) is 48.5 Å². The van der Waals surface area contributed by atoms with Gasteiger partial charge in [0.1, 0.15) is 0 Å². The fourth-order valence-electron chi connectivity index (χ4n) is 1.84. The zero-order chi connectivity index (χ0) is 15.2. The van der Waals surface area contributed by atoms with Crippen LogP contribution in [0.3, 0.4) is 0 Å². The lowest BCUT2D eigenvalue weighted by Crippen LogP contribution is -2.04. The maximum Gasteiger partial charge on any atom is 0.337 e. The number of rotatable bonds is 5. The Morgan fingerprint density at radius 2 is 1.81 bits per heavy atom. The molecular formula is C16H15NO4. The van der Waals surface area contributed by atoms with Crippen molar-refractivity contribution in [3.63, 3.8) is 0 Å². The van der Waals surface area contributed by atoms with Gasteiger partial charge < -0.3 is 15.2 Å². The summed E-state index contributed by atoms with van der Waals surface area (Å²) >= 11 is 0. The number of hydrogen-bond acceptors (Lipinski definition) is 4. The summed E-state index contributed by atoms with van der Waals surface area (Å²) in [6, 6.07) is 13.6. The van der Waals surface area contributed by atoms with Gasteiger partial charge in [0, 0.05) is 12.2 Å². The number of anilines is 1. The zero-order valence-corrected chi connectivity index (χ0v) is 11.5. The number of carboxylic acids is 1. The fraction of sp³-hybridized carbons (Fsp3) is 0.125. The highest BCUT2D eigenvalue weighted by Crippen LogP contribution is 2.13. The maximum absolute atomic E-state index is 11.3. The Hall–Kier alpha value is -2.82. The molecule has 0 amide bonds. The van der Waals surface area contributed by atoms with Crippen molar-refractivity contribution in [1.82, 2.24) is 0 Å². The molecule has 0 radical (unpaired) electrons. The Labute approximate surface area is 122 Å². The lowest BCUT2D eigenvalue weighted by atomic mass is 10.1. The molecule has 2 aromatic carbocycles. The number of carbonyl (C=O) groups is 2. The normalized spacial score (nSPS) is 9.95. The summed E-state index contributed by atoms with van der Waals surface area (Å²) in [5.41, 5.74) is 2.44. The van der Waals surface area contributed by atoms with Gasteiger partial charge in [0.2, 0.25) is 0 Å². The average molecular weight is 285 g/mol. The summed E-state index contributed by atoms with van der Waals surface area (Å²) in [6.45, 7) is 0.532. The third-order valence-electron chi connectivity index (χ3n) is 2.98. The molecule has 2 rings (SSSR count). The molecule has 5 nitrogen and oxygen atoms in total. The molecule has 5 heteroatoms. The van der Waals surface area contributed by atoms with Gasteiger partial charge in [-0.2, -0.15) is 0 Å². The molecule has 0 heterocycles. The number of carboxylic acid groups (broad SMARTS) is 1. The second-order valence-corrected chi connectivity index (χ2v) is 4.43. The van der Waals surface area contributed by atoms with Gasteiger partial charge in [0.25, 0.3) is 0 Å². The van der Waals surface area contributed by atoms with Gasteiger partial charge in [-0.25, -0.2) is 9.59 Å². The van der Waals surface area contributed by atoms with Crippen molar-refractivity contribution in [2.75, 3.05) is 12.4 Å². The van der Waals surface area contributed by atoms with Crippen molar-refractivity contribution >= 4 is 17.6 Å². The largest absolute Gasteiger partial charge is 0.478 e. The number of esters is 1. The maximum atomic E-state index is 11.3. The van der Waals surface area contributed by atoms with Crippen LogP contribution in [0.25, 0.3) is 0 Å². The summed E-state index contributed by atoms with van der Waals surface area (Å²) in [4.78, 5) is 22.2. The fourth-order valence-corrected chi connectivity index (χ4v) is 1.84. The SMILES string of the molecule is COC(=O)c1ccc(CNc2cccc(C(=O)O)c2)cc1. The first-order chi connectivity index (χ1) is 10.1. The second-order valence-electron chi connectivity index (χ2n) is 4.43. The number of methoxy groups -OCH3 is 1. The van der Waals surface area contributed by atoms with Crippen LogP contribution in [-0.4, -0.2) is 24.2 Å². The number of aromatic carboxylic acids is 1. The minimum atomic E-state index is -0.957. The number of hydrogen-bond donors (Lipinski definition) is 2. The Kier molecular flexibility index (Phi) is 4.56. The van der Waals surface area contributed by atoms with Gasteiger partial charge in [-0.3, -0.25) is 0 Å². The summed E-state index contributed by atoms with van der Waals surface area (Å²) in [5, 5.41) is 12.1. The van der Waals surface area contributed by atoms with Crippen LogP contribution in [0.2, 0.25) is 0 Å². The van der Waals surface area contributed by atoms with E-state index in [1.165, 1.54) is 7.11 Å². The van der Waals surface area contributed by atoms with E-state index in [2.05, 4.69) is 10.1 Å². The van der Waals surface area contributed by atoms with Crippen LogP contribution in [0.1, 0.15) is 26.3 Å². The van der Waals surface area contributed by atoms with E-state index in [1.54, 1.807) is 36.4 Å². The average Bonchev–Trinajstić information content (AvgIpc) is 2.53. The van der Waals surface area contributed by atoms with Crippen molar-refractivity contribution in [3.8, 4) is 0 Å². The minimum Gasteiger partial charge on any atom is -0.478 e. The van der Waals surface area contributed by atoms with Gasteiger partial charge in [-0.15, -0.1) is 0 Å². The quantitative estimate of drug-likeness (QED) is 0.826. The lowest BCUT2D eigenvalue weighted by Gasteiger charge is -2.08. The van der Waals surface area contributed by atoms with E-state index >= 15 is 0 Å². The molecule has 0 spiro atoms. The van der Waals surface area contributed by atoms with Gasteiger partial charge in [0.15, 0.2) is 0 Å². The lowest BCUT2D eigenvalue weighted by molar-refractivity contribution is 0.0599. The Balaban J connectivity index is 2.01. The van der Waals surface area contributed by atoms with Gasteiger partial charge in [-0.1, -0.05) is 18.2 Å². The first-order valence-corrected chi connectivity index (χ1v) is 6.34. The van der Waals surface area contributed by atoms with Crippen molar-refractivity contribution in [1.29, 1.82) is 0 Å². The number of ether oxygens (including phenoxy) is 1. The van der Waals surface area contributed by atoms with Crippen LogP contribution >= 0.6 is 0 Å². The molecule has 0 bridgehead atoms.